The molecule has 1 unspecified atom stereocenters. The van der Waals surface area contributed by atoms with E-state index in [0.29, 0.717) is 23.2 Å². The molecule has 106 valence electrons. The number of methoxy groups -OCH3 is 1. The number of nitrogens with two attached hydrogens (primary N) is 1. The Morgan fingerprint density at radius 3 is 2.53 bits per heavy atom. The maximum absolute atomic E-state index is 11.8. The summed E-state index contributed by atoms with van der Waals surface area (Å²) in [5, 5.41) is 0. The number of benzene rings is 1. The maximum Gasteiger partial charge on any atom is 0.340 e. The molecule has 1 rings (SSSR count). The van der Waals surface area contributed by atoms with E-state index in [4.69, 9.17) is 10.5 Å². The summed E-state index contributed by atoms with van der Waals surface area (Å²) in [7, 11) is 3.35. The molecule has 4 nitrogen and oxygen atoms in total. The van der Waals surface area contributed by atoms with Crippen molar-refractivity contribution < 1.29 is 9.53 Å². The number of carbonyl (C=O) groups is 1. The van der Waals surface area contributed by atoms with Crippen LogP contribution in [-0.4, -0.2) is 26.2 Å². The molecule has 0 aliphatic heterocycles. The number of hydrogen-bond donors (Lipinski definition) is 1. The first-order valence-corrected chi connectivity index (χ1v) is 6.58. The fraction of sp³-hybridized carbons (Fsp3) is 0.533. The Morgan fingerprint density at radius 2 is 2.00 bits per heavy atom. The van der Waals surface area contributed by atoms with Crippen molar-refractivity contribution in [3.63, 3.8) is 0 Å². The number of hydrogen-bond acceptors (Lipinski definition) is 4. The molecular formula is C15H24N2O2. The number of esters is 1. The third-order valence-corrected chi connectivity index (χ3v) is 3.30. The van der Waals surface area contributed by atoms with Crippen molar-refractivity contribution >= 4 is 17.3 Å². The number of nitrogen functional groups attached to an aromatic ring is 1. The minimum atomic E-state index is -0.356. The summed E-state index contributed by atoms with van der Waals surface area (Å²) >= 11 is 0. The van der Waals surface area contributed by atoms with Crippen LogP contribution < -0.4 is 10.6 Å². The third-order valence-electron chi connectivity index (χ3n) is 3.30. The van der Waals surface area contributed by atoms with Gasteiger partial charge in [0.2, 0.25) is 0 Å². The van der Waals surface area contributed by atoms with Gasteiger partial charge in [-0.25, -0.2) is 4.79 Å². The molecule has 0 saturated heterocycles. The smallest absolute Gasteiger partial charge is 0.340 e. The van der Waals surface area contributed by atoms with Crippen LogP contribution in [0.4, 0.5) is 11.4 Å². The highest BCUT2D eigenvalue weighted by Crippen LogP contribution is 2.30. The van der Waals surface area contributed by atoms with E-state index in [1.54, 1.807) is 18.2 Å². The second kappa shape index (κ2) is 6.45. The van der Waals surface area contributed by atoms with E-state index in [0.717, 1.165) is 12.1 Å². The highest BCUT2D eigenvalue weighted by molar-refractivity contribution is 5.99. The van der Waals surface area contributed by atoms with E-state index in [2.05, 4.69) is 25.7 Å². The third kappa shape index (κ3) is 3.63. The van der Waals surface area contributed by atoms with Gasteiger partial charge in [0.05, 0.1) is 24.0 Å². The van der Waals surface area contributed by atoms with E-state index in [9.17, 15) is 4.79 Å². The van der Waals surface area contributed by atoms with Crippen LogP contribution in [0.5, 0.6) is 0 Å². The van der Waals surface area contributed by atoms with Crippen molar-refractivity contribution in [3.8, 4) is 0 Å². The number of ether oxygens (including phenoxy) is 1. The van der Waals surface area contributed by atoms with Crippen LogP contribution in [0.15, 0.2) is 18.2 Å². The molecule has 0 aliphatic carbocycles. The average Bonchev–Trinajstić information content (AvgIpc) is 2.35. The van der Waals surface area contributed by atoms with Gasteiger partial charge in [-0.05, 0) is 31.4 Å². The van der Waals surface area contributed by atoms with E-state index < -0.39 is 0 Å². The lowest BCUT2D eigenvalue weighted by Gasteiger charge is -2.30. The van der Waals surface area contributed by atoms with Crippen LogP contribution in [0, 0.1) is 5.92 Å². The molecule has 0 amide bonds. The van der Waals surface area contributed by atoms with Gasteiger partial charge in [0.1, 0.15) is 0 Å². The molecule has 1 atom stereocenters. The van der Waals surface area contributed by atoms with Gasteiger partial charge in [0.25, 0.3) is 0 Å². The molecule has 0 aromatic heterocycles. The molecule has 0 spiro atoms. The minimum Gasteiger partial charge on any atom is -0.465 e. The van der Waals surface area contributed by atoms with Gasteiger partial charge in [-0.15, -0.1) is 0 Å². The number of carbonyl (C=O) groups excluding carboxylic acids is 1. The molecule has 0 fully saturated rings. The van der Waals surface area contributed by atoms with Gasteiger partial charge in [0, 0.05) is 13.1 Å². The molecular weight excluding hydrogens is 240 g/mol. The first-order chi connectivity index (χ1) is 8.88. The van der Waals surface area contributed by atoms with Gasteiger partial charge in [-0.1, -0.05) is 19.9 Å². The van der Waals surface area contributed by atoms with E-state index in [1.165, 1.54) is 7.11 Å². The summed E-state index contributed by atoms with van der Waals surface area (Å²) < 4.78 is 4.82. The molecule has 0 bridgehead atoms. The molecule has 1 aromatic rings. The second-order valence-electron chi connectivity index (χ2n) is 5.32. The number of nitrogens with zero attached hydrogens (tertiary/aromatic N) is 1. The van der Waals surface area contributed by atoms with Crippen LogP contribution in [0.2, 0.25) is 0 Å². The summed E-state index contributed by atoms with van der Waals surface area (Å²) in [5.74, 6) is 0.231. The van der Waals surface area contributed by atoms with Crippen molar-refractivity contribution in [1.29, 1.82) is 0 Å². The molecule has 1 aromatic carbocycles. The number of para-hydroxylation sites is 1. The zero-order chi connectivity index (χ0) is 14.6. The zero-order valence-corrected chi connectivity index (χ0v) is 12.4. The Kier molecular flexibility index (Phi) is 5.21. The fourth-order valence-electron chi connectivity index (χ4n) is 2.29. The Hall–Kier alpha value is -1.71. The monoisotopic (exact) mass is 264 g/mol. The number of anilines is 2. The van der Waals surface area contributed by atoms with E-state index >= 15 is 0 Å². The lowest BCUT2D eigenvalue weighted by molar-refractivity contribution is 0.0601. The topological polar surface area (TPSA) is 55.6 Å². The van der Waals surface area contributed by atoms with Crippen molar-refractivity contribution in [1.82, 2.24) is 0 Å². The Morgan fingerprint density at radius 1 is 1.37 bits per heavy atom. The molecule has 0 aliphatic rings. The Labute approximate surface area is 115 Å². The molecule has 0 saturated carbocycles. The summed E-state index contributed by atoms with van der Waals surface area (Å²) in [6.45, 7) is 6.49. The van der Waals surface area contributed by atoms with Crippen LogP contribution >= 0.6 is 0 Å². The summed E-state index contributed by atoms with van der Waals surface area (Å²) in [6.07, 6.45) is 1.03. The van der Waals surface area contributed by atoms with E-state index in [1.807, 2.05) is 7.05 Å². The van der Waals surface area contributed by atoms with Gasteiger partial charge in [-0.2, -0.15) is 0 Å². The zero-order valence-electron chi connectivity index (χ0n) is 12.4. The van der Waals surface area contributed by atoms with Crippen molar-refractivity contribution in [3.05, 3.63) is 23.8 Å². The summed E-state index contributed by atoms with van der Waals surface area (Å²) in [6, 6.07) is 5.62. The highest BCUT2D eigenvalue weighted by atomic mass is 16.5. The second-order valence-corrected chi connectivity index (χ2v) is 5.32. The Balaban J connectivity index is 3.14. The van der Waals surface area contributed by atoms with Crippen LogP contribution in [-0.2, 0) is 4.74 Å². The fourth-order valence-corrected chi connectivity index (χ4v) is 2.29. The van der Waals surface area contributed by atoms with Crippen LogP contribution in [0.3, 0.4) is 0 Å². The van der Waals surface area contributed by atoms with Crippen LogP contribution in [0.25, 0.3) is 0 Å². The Bertz CT molecular complexity index is 444. The molecule has 0 radical (unpaired) electrons. The first-order valence-electron chi connectivity index (χ1n) is 6.58. The van der Waals surface area contributed by atoms with Crippen LogP contribution in [0.1, 0.15) is 37.6 Å². The van der Waals surface area contributed by atoms with Gasteiger partial charge in [-0.3, -0.25) is 0 Å². The van der Waals surface area contributed by atoms with Gasteiger partial charge in [0.15, 0.2) is 0 Å². The largest absolute Gasteiger partial charge is 0.465 e. The van der Waals surface area contributed by atoms with Crippen molar-refractivity contribution in [2.75, 3.05) is 24.8 Å². The van der Waals surface area contributed by atoms with E-state index in [-0.39, 0.29) is 5.97 Å². The predicted octanol–water partition coefficient (Wildman–Crippen LogP) is 2.93. The SMILES string of the molecule is COC(=O)c1cccc(N)c1N(C)C(C)CC(C)C. The molecule has 4 heteroatoms. The average molecular weight is 264 g/mol. The normalized spacial score (nSPS) is 12.3. The predicted molar refractivity (Wildman–Crippen MR) is 79.5 cm³/mol. The standard InChI is InChI=1S/C15H24N2O2/c1-10(2)9-11(3)17(4)14-12(15(18)19-5)7-6-8-13(14)16/h6-8,10-11H,9,16H2,1-5H3. The number of rotatable bonds is 5. The van der Waals surface area contributed by atoms with Crippen molar-refractivity contribution in [2.45, 2.75) is 33.2 Å². The van der Waals surface area contributed by atoms with Crippen molar-refractivity contribution in [2.24, 2.45) is 5.92 Å². The maximum atomic E-state index is 11.8. The lowest BCUT2D eigenvalue weighted by Crippen LogP contribution is -2.32. The molecule has 0 heterocycles. The highest BCUT2D eigenvalue weighted by Gasteiger charge is 2.21. The summed E-state index contributed by atoms with van der Waals surface area (Å²) in [5.41, 5.74) is 7.90. The minimum absolute atomic E-state index is 0.299. The lowest BCUT2D eigenvalue weighted by atomic mass is 10.0. The van der Waals surface area contributed by atoms with Gasteiger partial charge >= 0.3 is 5.97 Å². The van der Waals surface area contributed by atoms with Gasteiger partial charge < -0.3 is 15.4 Å². The molecule has 19 heavy (non-hydrogen) atoms. The quantitative estimate of drug-likeness (QED) is 0.656. The summed E-state index contributed by atoms with van der Waals surface area (Å²) in [4.78, 5) is 13.9. The molecule has 2 N–H and O–H groups in total. The first kappa shape index (κ1) is 15.3.